The number of carbonyl (C=O) groups excluding carboxylic acids is 2. The summed E-state index contributed by atoms with van der Waals surface area (Å²) in [7, 11) is 0. The summed E-state index contributed by atoms with van der Waals surface area (Å²) >= 11 is 0. The standard InChI is InChI=1S/C24H30N4O4/c1-24(2,3)32-23(31)27-12-10-20(11-13-27)28(19-8-9-19)21(29)17-6-4-16(5-7-17)18-14-25-22(30)26-15-18/h4-7,14-15,19-20H,8-13H2,1-3H3,(H,25,26,30). The molecule has 2 aromatic rings. The number of likely N-dealkylation sites (tertiary alicyclic amines) is 1. The average molecular weight is 439 g/mol. The Labute approximate surface area is 188 Å². The van der Waals surface area contributed by atoms with Crippen LogP contribution in [0.3, 0.4) is 0 Å². The van der Waals surface area contributed by atoms with Crippen molar-refractivity contribution < 1.29 is 19.4 Å². The van der Waals surface area contributed by atoms with Gasteiger partial charge in [0.1, 0.15) is 5.60 Å². The van der Waals surface area contributed by atoms with Gasteiger partial charge < -0.3 is 19.6 Å². The number of nitrogens with zero attached hydrogens (tertiary/aromatic N) is 4. The summed E-state index contributed by atoms with van der Waals surface area (Å²) in [6.07, 6.45) is 6.38. The van der Waals surface area contributed by atoms with Gasteiger partial charge in [0.2, 0.25) is 0 Å². The van der Waals surface area contributed by atoms with Gasteiger partial charge in [-0.05, 0) is 64.2 Å². The lowest BCUT2D eigenvalue weighted by Gasteiger charge is -2.39. The molecular formula is C24H30N4O4. The van der Waals surface area contributed by atoms with E-state index in [1.54, 1.807) is 17.3 Å². The molecule has 170 valence electrons. The quantitative estimate of drug-likeness (QED) is 0.779. The van der Waals surface area contributed by atoms with Crippen molar-refractivity contribution in [3.05, 3.63) is 42.2 Å². The first-order valence-electron chi connectivity index (χ1n) is 11.1. The van der Waals surface area contributed by atoms with Gasteiger partial charge >= 0.3 is 12.1 Å². The summed E-state index contributed by atoms with van der Waals surface area (Å²) in [5, 5.41) is 9.26. The number of ether oxygens (including phenoxy) is 1. The molecule has 1 aliphatic carbocycles. The molecule has 8 heteroatoms. The third-order valence-electron chi connectivity index (χ3n) is 5.79. The minimum atomic E-state index is -0.512. The number of piperidine rings is 1. The molecule has 1 saturated heterocycles. The van der Waals surface area contributed by atoms with Crippen LogP contribution >= 0.6 is 0 Å². The summed E-state index contributed by atoms with van der Waals surface area (Å²) in [5.41, 5.74) is 1.79. The Hall–Kier alpha value is -3.16. The fourth-order valence-corrected chi connectivity index (χ4v) is 4.06. The highest BCUT2D eigenvalue weighted by molar-refractivity contribution is 5.95. The summed E-state index contributed by atoms with van der Waals surface area (Å²) in [4.78, 5) is 37.1. The zero-order chi connectivity index (χ0) is 22.9. The van der Waals surface area contributed by atoms with Crippen molar-refractivity contribution in [2.75, 3.05) is 13.1 Å². The number of amides is 2. The molecule has 0 unspecified atom stereocenters. The minimum absolute atomic E-state index is 0.0386. The van der Waals surface area contributed by atoms with Crippen molar-refractivity contribution in [1.29, 1.82) is 0 Å². The van der Waals surface area contributed by atoms with Crippen LogP contribution in [0.1, 0.15) is 56.8 Å². The highest BCUT2D eigenvalue weighted by atomic mass is 16.6. The molecule has 1 aromatic heterocycles. The number of benzene rings is 1. The number of carbonyl (C=O) groups is 2. The van der Waals surface area contributed by atoms with E-state index < -0.39 is 5.60 Å². The SMILES string of the molecule is CC(C)(C)OC(=O)N1CCC(N(C(=O)c2ccc(-c3cnc(O)nc3)cc2)C2CC2)CC1. The first-order chi connectivity index (χ1) is 15.2. The van der Waals surface area contributed by atoms with Crippen LogP contribution in [0.25, 0.3) is 11.1 Å². The summed E-state index contributed by atoms with van der Waals surface area (Å²) in [6, 6.07) is 7.55. The molecule has 0 bridgehead atoms. The summed E-state index contributed by atoms with van der Waals surface area (Å²) in [5.74, 6) is 0.0386. The normalized spacial score (nSPS) is 17.2. The molecule has 4 rings (SSSR count). The van der Waals surface area contributed by atoms with Gasteiger partial charge in [0.25, 0.3) is 5.91 Å². The lowest BCUT2D eigenvalue weighted by atomic mass is 10.0. The van der Waals surface area contributed by atoms with E-state index in [0.717, 1.165) is 36.8 Å². The van der Waals surface area contributed by atoms with Crippen molar-refractivity contribution in [3.8, 4) is 17.1 Å². The third kappa shape index (κ3) is 5.18. The molecule has 0 atom stereocenters. The molecule has 2 heterocycles. The Kier molecular flexibility index (Phi) is 6.04. The predicted octanol–water partition coefficient (Wildman–Crippen LogP) is 3.85. The molecule has 2 fully saturated rings. The average Bonchev–Trinajstić information content (AvgIpc) is 3.59. The third-order valence-corrected chi connectivity index (χ3v) is 5.79. The van der Waals surface area contributed by atoms with Gasteiger partial charge in [0, 0.05) is 48.7 Å². The first-order valence-corrected chi connectivity index (χ1v) is 11.1. The number of aromatic hydroxyl groups is 1. The Bertz CT molecular complexity index is 957. The molecule has 2 aliphatic rings. The molecular weight excluding hydrogens is 408 g/mol. The number of rotatable bonds is 4. The van der Waals surface area contributed by atoms with Crippen LogP contribution in [0.5, 0.6) is 6.01 Å². The maximum absolute atomic E-state index is 13.4. The van der Waals surface area contributed by atoms with E-state index >= 15 is 0 Å². The molecule has 1 saturated carbocycles. The van der Waals surface area contributed by atoms with E-state index in [4.69, 9.17) is 4.74 Å². The number of hydrogen-bond donors (Lipinski definition) is 1. The zero-order valence-electron chi connectivity index (χ0n) is 18.8. The van der Waals surface area contributed by atoms with Gasteiger partial charge in [-0.2, -0.15) is 0 Å². The largest absolute Gasteiger partial charge is 0.479 e. The molecule has 2 amide bonds. The lowest BCUT2D eigenvalue weighted by Crippen LogP contribution is -2.50. The van der Waals surface area contributed by atoms with Crippen LogP contribution in [-0.2, 0) is 4.74 Å². The van der Waals surface area contributed by atoms with Gasteiger partial charge in [-0.1, -0.05) is 12.1 Å². The lowest BCUT2D eigenvalue weighted by molar-refractivity contribution is 0.0142. The van der Waals surface area contributed by atoms with E-state index in [1.807, 2.05) is 49.9 Å². The van der Waals surface area contributed by atoms with E-state index in [0.29, 0.717) is 18.7 Å². The van der Waals surface area contributed by atoms with E-state index in [2.05, 4.69) is 9.97 Å². The van der Waals surface area contributed by atoms with Crippen molar-refractivity contribution in [1.82, 2.24) is 19.8 Å². The molecule has 8 nitrogen and oxygen atoms in total. The van der Waals surface area contributed by atoms with Crippen LogP contribution in [0, 0.1) is 0 Å². The molecule has 0 spiro atoms. The van der Waals surface area contributed by atoms with E-state index in [1.165, 1.54) is 0 Å². The van der Waals surface area contributed by atoms with Gasteiger partial charge in [-0.25, -0.2) is 14.8 Å². The molecule has 0 radical (unpaired) electrons. The van der Waals surface area contributed by atoms with Crippen molar-refractivity contribution in [2.45, 2.75) is 64.1 Å². The van der Waals surface area contributed by atoms with Gasteiger partial charge in [-0.15, -0.1) is 0 Å². The highest BCUT2D eigenvalue weighted by Crippen LogP contribution is 2.34. The molecule has 32 heavy (non-hydrogen) atoms. The van der Waals surface area contributed by atoms with E-state index in [9.17, 15) is 14.7 Å². The minimum Gasteiger partial charge on any atom is -0.479 e. The molecule has 1 aromatic carbocycles. The second kappa shape index (κ2) is 8.76. The van der Waals surface area contributed by atoms with Crippen LogP contribution in [0.15, 0.2) is 36.7 Å². The van der Waals surface area contributed by atoms with Gasteiger partial charge in [0.15, 0.2) is 0 Å². The molecule has 1 N–H and O–H groups in total. The summed E-state index contributed by atoms with van der Waals surface area (Å²) in [6.45, 7) is 6.78. The van der Waals surface area contributed by atoms with Crippen LogP contribution in [0.2, 0.25) is 0 Å². The van der Waals surface area contributed by atoms with Crippen LogP contribution in [0.4, 0.5) is 4.79 Å². The first kappa shape index (κ1) is 22.0. The van der Waals surface area contributed by atoms with Crippen molar-refractivity contribution >= 4 is 12.0 Å². The second-order valence-electron chi connectivity index (χ2n) is 9.49. The molecule has 1 aliphatic heterocycles. The van der Waals surface area contributed by atoms with E-state index in [-0.39, 0.29) is 30.1 Å². The van der Waals surface area contributed by atoms with Crippen molar-refractivity contribution in [2.24, 2.45) is 0 Å². The Morgan fingerprint density at radius 2 is 1.53 bits per heavy atom. The Morgan fingerprint density at radius 3 is 2.06 bits per heavy atom. The van der Waals surface area contributed by atoms with Gasteiger partial charge in [0.05, 0.1) is 0 Å². The topological polar surface area (TPSA) is 95.9 Å². The Balaban J connectivity index is 1.42. The van der Waals surface area contributed by atoms with Crippen LogP contribution < -0.4 is 0 Å². The highest BCUT2D eigenvalue weighted by Gasteiger charge is 2.39. The van der Waals surface area contributed by atoms with Crippen molar-refractivity contribution in [3.63, 3.8) is 0 Å². The monoisotopic (exact) mass is 438 g/mol. The summed E-state index contributed by atoms with van der Waals surface area (Å²) < 4.78 is 5.49. The fraction of sp³-hybridized carbons (Fsp3) is 0.500. The fourth-order valence-electron chi connectivity index (χ4n) is 4.06. The maximum Gasteiger partial charge on any atom is 0.410 e. The zero-order valence-corrected chi connectivity index (χ0v) is 18.8. The number of aromatic nitrogens is 2. The predicted molar refractivity (Wildman–Crippen MR) is 119 cm³/mol. The smallest absolute Gasteiger partial charge is 0.410 e. The second-order valence-corrected chi connectivity index (χ2v) is 9.49. The van der Waals surface area contributed by atoms with Crippen LogP contribution in [-0.4, -0.2) is 67.6 Å². The Morgan fingerprint density at radius 1 is 0.969 bits per heavy atom. The number of hydrogen-bond acceptors (Lipinski definition) is 6. The maximum atomic E-state index is 13.4. The van der Waals surface area contributed by atoms with Gasteiger partial charge in [-0.3, -0.25) is 4.79 Å².